The number of likely N-dealkylation sites (tertiary alicyclic amines) is 1. The van der Waals surface area contributed by atoms with Crippen LogP contribution in [0.25, 0.3) is 0 Å². The summed E-state index contributed by atoms with van der Waals surface area (Å²) in [6.45, 7) is 3.18. The van der Waals surface area contributed by atoms with Gasteiger partial charge in [-0.1, -0.05) is 23.2 Å². The first-order chi connectivity index (χ1) is 18.0. The number of amides is 1. The SMILES string of the molecule is Cc1c(Oc2ccc(S(C)(=O)=O)cc2F)ncnc1OC1CCN(CC(=O)Nc2cc(Cl)cc(Cl)c2)CC1. The van der Waals surface area contributed by atoms with Crippen LogP contribution in [0.5, 0.6) is 17.5 Å². The molecule has 38 heavy (non-hydrogen) atoms. The molecular formula is C25H25Cl2FN4O5S. The van der Waals surface area contributed by atoms with Crippen molar-refractivity contribution < 1.29 is 27.1 Å². The van der Waals surface area contributed by atoms with Crippen molar-refractivity contribution in [1.82, 2.24) is 14.9 Å². The van der Waals surface area contributed by atoms with E-state index in [1.54, 1.807) is 25.1 Å². The van der Waals surface area contributed by atoms with Crippen molar-refractivity contribution in [1.29, 1.82) is 0 Å². The second-order valence-electron chi connectivity index (χ2n) is 8.88. The molecule has 2 heterocycles. The summed E-state index contributed by atoms with van der Waals surface area (Å²) in [5.41, 5.74) is 1.01. The lowest BCUT2D eigenvalue weighted by Crippen LogP contribution is -2.42. The number of piperidine rings is 1. The van der Waals surface area contributed by atoms with E-state index in [1.807, 2.05) is 4.90 Å². The number of benzene rings is 2. The predicted octanol–water partition coefficient (Wildman–Crippen LogP) is 4.91. The number of carbonyl (C=O) groups is 1. The van der Waals surface area contributed by atoms with E-state index < -0.39 is 15.7 Å². The van der Waals surface area contributed by atoms with Crippen molar-refractivity contribution in [3.63, 3.8) is 0 Å². The number of nitrogens with one attached hydrogen (secondary N) is 1. The third kappa shape index (κ3) is 7.31. The van der Waals surface area contributed by atoms with E-state index in [2.05, 4.69) is 15.3 Å². The summed E-state index contributed by atoms with van der Waals surface area (Å²) in [5, 5.41) is 3.68. The first kappa shape index (κ1) is 28.0. The van der Waals surface area contributed by atoms with Crippen LogP contribution in [0.2, 0.25) is 10.0 Å². The fraction of sp³-hybridized carbons (Fsp3) is 0.320. The van der Waals surface area contributed by atoms with E-state index in [4.69, 9.17) is 32.7 Å². The minimum Gasteiger partial charge on any atom is -0.474 e. The number of sulfone groups is 1. The molecule has 0 radical (unpaired) electrons. The molecule has 9 nitrogen and oxygen atoms in total. The Hall–Kier alpha value is -2.99. The average Bonchev–Trinajstić information content (AvgIpc) is 2.82. The van der Waals surface area contributed by atoms with Crippen LogP contribution in [0.4, 0.5) is 10.1 Å². The van der Waals surface area contributed by atoms with Crippen molar-refractivity contribution >= 4 is 44.6 Å². The zero-order chi connectivity index (χ0) is 27.4. The fourth-order valence-corrected chi connectivity index (χ4v) is 5.07. The minimum absolute atomic E-state index is 0.0937. The van der Waals surface area contributed by atoms with Crippen molar-refractivity contribution in [2.45, 2.75) is 30.8 Å². The Morgan fingerprint density at radius 1 is 1.11 bits per heavy atom. The van der Waals surface area contributed by atoms with Gasteiger partial charge in [0.1, 0.15) is 12.4 Å². The zero-order valence-electron chi connectivity index (χ0n) is 20.6. The number of ether oxygens (including phenoxy) is 2. The summed E-state index contributed by atoms with van der Waals surface area (Å²) in [5.74, 6) is -0.776. The van der Waals surface area contributed by atoms with E-state index >= 15 is 0 Å². The first-order valence-electron chi connectivity index (χ1n) is 11.6. The smallest absolute Gasteiger partial charge is 0.238 e. The molecule has 202 valence electrons. The Kier molecular flexibility index (Phi) is 8.71. The highest BCUT2D eigenvalue weighted by Crippen LogP contribution is 2.31. The molecule has 3 aromatic rings. The molecular weight excluding hydrogens is 558 g/mol. The van der Waals surface area contributed by atoms with Gasteiger partial charge in [-0.25, -0.2) is 22.8 Å². The molecule has 0 spiro atoms. The number of hydrogen-bond donors (Lipinski definition) is 1. The monoisotopic (exact) mass is 582 g/mol. The zero-order valence-corrected chi connectivity index (χ0v) is 22.9. The minimum atomic E-state index is -3.55. The van der Waals surface area contributed by atoms with Gasteiger partial charge in [-0.3, -0.25) is 9.69 Å². The highest BCUT2D eigenvalue weighted by Gasteiger charge is 2.24. The van der Waals surface area contributed by atoms with Gasteiger partial charge in [0.2, 0.25) is 17.7 Å². The highest BCUT2D eigenvalue weighted by molar-refractivity contribution is 7.90. The van der Waals surface area contributed by atoms with Gasteiger partial charge in [0.25, 0.3) is 0 Å². The Morgan fingerprint density at radius 3 is 2.39 bits per heavy atom. The number of hydrogen-bond acceptors (Lipinski definition) is 8. The van der Waals surface area contributed by atoms with Crippen molar-refractivity contribution in [2.75, 3.05) is 31.2 Å². The van der Waals surface area contributed by atoms with Gasteiger partial charge in [0, 0.05) is 35.1 Å². The molecule has 0 unspecified atom stereocenters. The Bertz CT molecular complexity index is 1430. The maximum absolute atomic E-state index is 14.4. The van der Waals surface area contributed by atoms with Gasteiger partial charge in [-0.05, 0) is 56.2 Å². The third-order valence-corrected chi connectivity index (χ3v) is 7.40. The van der Waals surface area contributed by atoms with Crippen LogP contribution >= 0.6 is 23.2 Å². The summed E-state index contributed by atoms with van der Waals surface area (Å²) >= 11 is 12.0. The van der Waals surface area contributed by atoms with E-state index in [0.29, 0.717) is 53.1 Å². The number of halogens is 3. The number of nitrogens with zero attached hydrogens (tertiary/aromatic N) is 3. The maximum Gasteiger partial charge on any atom is 0.238 e. The molecule has 1 saturated heterocycles. The first-order valence-corrected chi connectivity index (χ1v) is 14.3. The number of carbonyl (C=O) groups excluding carboxylic acids is 1. The van der Waals surface area contributed by atoms with Crippen LogP contribution in [0.15, 0.2) is 47.6 Å². The average molecular weight is 583 g/mol. The summed E-state index contributed by atoms with van der Waals surface area (Å²) in [6.07, 6.45) is 3.43. The summed E-state index contributed by atoms with van der Waals surface area (Å²) in [6, 6.07) is 8.25. The predicted molar refractivity (Wildman–Crippen MR) is 142 cm³/mol. The molecule has 1 aliphatic rings. The fourth-order valence-electron chi connectivity index (χ4n) is 3.91. The van der Waals surface area contributed by atoms with Crippen LogP contribution in [0.3, 0.4) is 0 Å². The van der Waals surface area contributed by atoms with Gasteiger partial charge in [-0.2, -0.15) is 0 Å². The summed E-state index contributed by atoms with van der Waals surface area (Å²) in [4.78, 5) is 22.6. The molecule has 0 atom stereocenters. The van der Waals surface area contributed by atoms with Crippen molar-refractivity contribution in [3.8, 4) is 17.5 Å². The molecule has 0 aliphatic carbocycles. The lowest BCUT2D eigenvalue weighted by molar-refractivity contribution is -0.117. The molecule has 1 aliphatic heterocycles. The molecule has 1 aromatic heterocycles. The summed E-state index contributed by atoms with van der Waals surface area (Å²) in [7, 11) is -3.55. The number of aromatic nitrogens is 2. The van der Waals surface area contributed by atoms with E-state index in [0.717, 1.165) is 12.3 Å². The molecule has 2 aromatic carbocycles. The largest absolute Gasteiger partial charge is 0.474 e. The molecule has 0 saturated carbocycles. The second kappa shape index (κ2) is 11.8. The van der Waals surface area contributed by atoms with E-state index in [9.17, 15) is 17.6 Å². The van der Waals surface area contributed by atoms with Crippen LogP contribution in [0, 0.1) is 12.7 Å². The van der Waals surface area contributed by atoms with Gasteiger partial charge >= 0.3 is 0 Å². The van der Waals surface area contributed by atoms with Crippen LogP contribution in [-0.2, 0) is 14.6 Å². The van der Waals surface area contributed by atoms with E-state index in [1.165, 1.54) is 18.5 Å². The van der Waals surface area contributed by atoms with Crippen molar-refractivity contribution in [3.05, 3.63) is 64.2 Å². The molecule has 0 bridgehead atoms. The molecule has 1 fully saturated rings. The van der Waals surface area contributed by atoms with Crippen LogP contribution < -0.4 is 14.8 Å². The molecule has 1 amide bonds. The molecule has 4 rings (SSSR count). The van der Waals surface area contributed by atoms with Gasteiger partial charge in [-0.15, -0.1) is 0 Å². The van der Waals surface area contributed by atoms with Gasteiger partial charge in [0.15, 0.2) is 21.4 Å². The lowest BCUT2D eigenvalue weighted by atomic mass is 10.1. The lowest BCUT2D eigenvalue weighted by Gasteiger charge is -2.31. The molecule has 1 N–H and O–H groups in total. The van der Waals surface area contributed by atoms with E-state index in [-0.39, 0.29) is 35.1 Å². The quantitative estimate of drug-likeness (QED) is 0.399. The van der Waals surface area contributed by atoms with Gasteiger partial charge < -0.3 is 14.8 Å². The Morgan fingerprint density at radius 2 is 1.76 bits per heavy atom. The molecule has 13 heteroatoms. The maximum atomic E-state index is 14.4. The normalized spacial score (nSPS) is 14.8. The third-order valence-electron chi connectivity index (χ3n) is 5.86. The topological polar surface area (TPSA) is 111 Å². The van der Waals surface area contributed by atoms with Gasteiger partial charge in [0.05, 0.1) is 17.0 Å². The second-order valence-corrected chi connectivity index (χ2v) is 11.8. The highest BCUT2D eigenvalue weighted by atomic mass is 35.5. The van der Waals surface area contributed by atoms with Crippen LogP contribution in [0.1, 0.15) is 18.4 Å². The Labute approximate surface area is 229 Å². The number of anilines is 1. The van der Waals surface area contributed by atoms with Crippen molar-refractivity contribution in [2.24, 2.45) is 0 Å². The van der Waals surface area contributed by atoms with Crippen LogP contribution in [-0.4, -0.2) is 61.2 Å². The number of rotatable bonds is 8. The Balaban J connectivity index is 1.32. The summed E-state index contributed by atoms with van der Waals surface area (Å²) < 4.78 is 49.4. The standard InChI is InChI=1S/C25H25Cl2FN4O5S/c1-15-24(29-14-30-25(15)37-22-4-3-20(12-21(22)28)38(2,34)35)36-19-5-7-32(8-6-19)13-23(33)31-18-10-16(26)9-17(27)11-18/h3-4,9-12,14,19H,5-8,13H2,1-2H3,(H,31,33).